The van der Waals surface area contributed by atoms with Gasteiger partial charge in [-0.25, -0.2) is 0 Å². The standard InChI is InChI=1S/C65H48N2O4/c1-7-47(25-20-38(2)66-60-30-21-43(39(3)68)34-50(60)51-35-44(40(4)69)22-31-61(51)66)64-54-14-8-11-17-57(54)65(58-18-12-9-15-55(58)64,59-19-13-10-16-56(59)64)48-26-28-49(29-27-48)67-62-32-23-45(41(5)70)36-52(62)53-37-46(42(6)71)24-33-63(53)67/h7-37H,1H2,2-6H3/b38-20+,47-25+. The molecule has 0 unspecified atom stereocenters. The van der Waals surface area contributed by atoms with Gasteiger partial charge in [-0.3, -0.25) is 19.2 Å². The molecule has 8 aromatic carbocycles. The van der Waals surface area contributed by atoms with Crippen molar-refractivity contribution in [2.75, 3.05) is 0 Å². The molecule has 0 aliphatic heterocycles. The molecule has 3 aliphatic rings. The fourth-order valence-electron chi connectivity index (χ4n) is 12.3. The first-order valence-corrected chi connectivity index (χ1v) is 24.0. The lowest BCUT2D eigenvalue weighted by molar-refractivity contribution is 0.100. The van der Waals surface area contributed by atoms with Crippen LogP contribution in [0.15, 0.2) is 200 Å². The van der Waals surface area contributed by atoms with Gasteiger partial charge >= 0.3 is 0 Å². The average Bonchev–Trinajstić information content (AvgIpc) is 3.91. The number of aromatic nitrogens is 2. The number of carbonyl (C=O) groups is 4. The van der Waals surface area contributed by atoms with Crippen molar-refractivity contribution in [2.24, 2.45) is 0 Å². The number of carbonyl (C=O) groups excluding carboxylic acids is 4. The molecule has 0 amide bonds. The van der Waals surface area contributed by atoms with Crippen molar-refractivity contribution in [3.63, 3.8) is 0 Å². The summed E-state index contributed by atoms with van der Waals surface area (Å²) in [5, 5.41) is 3.67. The van der Waals surface area contributed by atoms with E-state index in [0.717, 1.165) is 66.1 Å². The van der Waals surface area contributed by atoms with Crippen LogP contribution < -0.4 is 0 Å². The first kappa shape index (κ1) is 43.5. The van der Waals surface area contributed by atoms with Gasteiger partial charge in [0.05, 0.1) is 32.9 Å². The van der Waals surface area contributed by atoms with E-state index in [0.29, 0.717) is 22.3 Å². The summed E-state index contributed by atoms with van der Waals surface area (Å²) in [5.74, 6) is -0.0537. The maximum atomic E-state index is 12.6. The van der Waals surface area contributed by atoms with E-state index in [9.17, 15) is 19.2 Å². The molecule has 0 radical (unpaired) electrons. The van der Waals surface area contributed by atoms with Crippen molar-refractivity contribution < 1.29 is 19.2 Å². The number of nitrogens with zero attached hydrogens (tertiary/aromatic N) is 2. The van der Waals surface area contributed by atoms with E-state index in [2.05, 4.69) is 132 Å². The molecule has 13 rings (SSSR count). The Bertz CT molecular complexity index is 3830. The SMILES string of the molecule is C=C/C(=C\C=C(/C)n1c2ccc(C(C)=O)cc2c2cc(C(C)=O)ccc21)C12c3ccccc3C(c3ccc(-n4c5ccc(C(C)=O)cc5c5cc(C(C)=O)ccc54)cc3)(c3ccccc31)c1ccccc12. The number of Topliss-reactive ketones (excluding diaryl/α,β-unsaturated/α-hetero) is 4. The van der Waals surface area contributed by atoms with Gasteiger partial charge in [0, 0.05) is 55.2 Å². The lowest BCUT2D eigenvalue weighted by atomic mass is 9.44. The quantitative estimate of drug-likeness (QED) is 0.101. The first-order chi connectivity index (χ1) is 34.4. The Hall–Kier alpha value is -8.74. The minimum absolute atomic E-state index is 0.0117. The molecular formula is C65H48N2O4. The predicted octanol–water partition coefficient (Wildman–Crippen LogP) is 14.7. The Morgan fingerprint density at radius 2 is 0.775 bits per heavy atom. The second kappa shape index (κ2) is 15.9. The first-order valence-electron chi connectivity index (χ1n) is 24.0. The summed E-state index contributed by atoms with van der Waals surface area (Å²) in [6.07, 6.45) is 6.40. The monoisotopic (exact) mass is 920 g/mol. The summed E-state index contributed by atoms with van der Waals surface area (Å²) in [7, 11) is 0. The molecule has 0 saturated carbocycles. The Morgan fingerprint density at radius 3 is 1.14 bits per heavy atom. The van der Waals surface area contributed by atoms with Crippen molar-refractivity contribution in [3.8, 4) is 5.69 Å². The molecule has 0 saturated heterocycles. The van der Waals surface area contributed by atoms with Gasteiger partial charge in [0.25, 0.3) is 0 Å². The van der Waals surface area contributed by atoms with Crippen molar-refractivity contribution in [2.45, 2.75) is 45.4 Å². The lowest BCUT2D eigenvalue weighted by Gasteiger charge is -2.57. The highest BCUT2D eigenvalue weighted by molar-refractivity contribution is 6.15. The van der Waals surface area contributed by atoms with Crippen LogP contribution in [0.4, 0.5) is 0 Å². The fourth-order valence-corrected chi connectivity index (χ4v) is 12.3. The molecule has 2 heterocycles. The van der Waals surface area contributed by atoms with Gasteiger partial charge < -0.3 is 9.13 Å². The number of rotatable bonds is 10. The van der Waals surface area contributed by atoms with Crippen molar-refractivity contribution in [1.29, 1.82) is 0 Å². The Balaban J connectivity index is 1.05. The number of hydrogen-bond acceptors (Lipinski definition) is 4. The van der Waals surface area contributed by atoms with Crippen molar-refractivity contribution in [3.05, 3.63) is 261 Å². The van der Waals surface area contributed by atoms with Crippen molar-refractivity contribution >= 4 is 72.4 Å². The van der Waals surface area contributed by atoms with E-state index in [-0.39, 0.29) is 23.1 Å². The highest BCUT2D eigenvalue weighted by Gasteiger charge is 2.60. The highest BCUT2D eigenvalue weighted by atomic mass is 16.1. The third-order valence-corrected chi connectivity index (χ3v) is 15.4. The topological polar surface area (TPSA) is 78.1 Å². The molecule has 10 aromatic rings. The van der Waals surface area contributed by atoms with E-state index >= 15 is 0 Å². The minimum atomic E-state index is -0.724. The van der Waals surface area contributed by atoms with Gasteiger partial charge in [-0.15, -0.1) is 0 Å². The summed E-state index contributed by atoms with van der Waals surface area (Å²) in [6.45, 7) is 12.9. The molecule has 3 aliphatic carbocycles. The zero-order valence-corrected chi connectivity index (χ0v) is 40.1. The summed E-state index contributed by atoms with van der Waals surface area (Å²) in [5.41, 5.74) is 16.2. The van der Waals surface area contributed by atoms with E-state index in [1.54, 1.807) is 27.7 Å². The molecular weight excluding hydrogens is 873 g/mol. The maximum Gasteiger partial charge on any atom is 0.159 e. The molecule has 342 valence electrons. The molecule has 71 heavy (non-hydrogen) atoms. The molecule has 2 aromatic heterocycles. The summed E-state index contributed by atoms with van der Waals surface area (Å²) >= 11 is 0. The second-order valence-corrected chi connectivity index (χ2v) is 19.1. The smallest absolute Gasteiger partial charge is 0.159 e. The van der Waals surface area contributed by atoms with E-state index < -0.39 is 10.8 Å². The number of fused-ring (bicyclic) bond motifs is 6. The Kier molecular flexibility index (Phi) is 9.75. The summed E-state index contributed by atoms with van der Waals surface area (Å²) < 4.78 is 4.44. The van der Waals surface area contributed by atoms with Crippen LogP contribution >= 0.6 is 0 Å². The van der Waals surface area contributed by atoms with Gasteiger partial charge in [-0.1, -0.05) is 104 Å². The van der Waals surface area contributed by atoms with E-state index in [4.69, 9.17) is 0 Å². The van der Waals surface area contributed by atoms with Gasteiger partial charge in [0.2, 0.25) is 0 Å². The van der Waals surface area contributed by atoms with Gasteiger partial charge in [0.1, 0.15) is 0 Å². The summed E-state index contributed by atoms with van der Waals surface area (Å²) in [4.78, 5) is 50.4. The van der Waals surface area contributed by atoms with Crippen LogP contribution in [0.3, 0.4) is 0 Å². The van der Waals surface area contributed by atoms with Gasteiger partial charge in [-0.05, 0) is 170 Å². The zero-order valence-electron chi connectivity index (χ0n) is 40.1. The minimum Gasteiger partial charge on any atom is -0.313 e. The fraction of sp³-hybridized carbons (Fsp3) is 0.108. The molecule has 6 heteroatoms. The van der Waals surface area contributed by atoms with Crippen LogP contribution in [-0.4, -0.2) is 32.3 Å². The largest absolute Gasteiger partial charge is 0.313 e. The molecule has 0 fully saturated rings. The number of hydrogen-bond donors (Lipinski definition) is 0. The Labute approximate surface area is 411 Å². The van der Waals surface area contributed by atoms with Gasteiger partial charge in [0.15, 0.2) is 23.1 Å². The Morgan fingerprint density at radius 1 is 0.423 bits per heavy atom. The predicted molar refractivity (Wildman–Crippen MR) is 287 cm³/mol. The lowest BCUT2D eigenvalue weighted by Crippen LogP contribution is -2.52. The summed E-state index contributed by atoms with van der Waals surface area (Å²) in [6, 6.07) is 58.9. The number of ketones is 4. The van der Waals surface area contributed by atoms with Crippen LogP contribution in [0, 0.1) is 0 Å². The molecule has 0 atom stereocenters. The van der Waals surface area contributed by atoms with Crippen LogP contribution in [0.5, 0.6) is 0 Å². The zero-order chi connectivity index (χ0) is 49.1. The molecule has 0 N–H and O–H groups in total. The van der Waals surface area contributed by atoms with E-state index in [1.807, 2.05) is 78.9 Å². The molecule has 6 nitrogen and oxygen atoms in total. The second-order valence-electron chi connectivity index (χ2n) is 19.1. The normalized spacial score (nSPS) is 17.1. The number of allylic oxidation sites excluding steroid dienone is 5. The third-order valence-electron chi connectivity index (χ3n) is 15.4. The molecule has 2 bridgehead atoms. The van der Waals surface area contributed by atoms with Crippen LogP contribution in [0.2, 0.25) is 0 Å². The average molecular weight is 921 g/mol. The number of benzene rings is 8. The van der Waals surface area contributed by atoms with Crippen molar-refractivity contribution in [1.82, 2.24) is 9.13 Å². The highest BCUT2D eigenvalue weighted by Crippen LogP contribution is 2.66. The van der Waals surface area contributed by atoms with Gasteiger partial charge in [-0.2, -0.15) is 0 Å². The van der Waals surface area contributed by atoms with Crippen LogP contribution in [0.1, 0.15) is 115 Å². The maximum absolute atomic E-state index is 12.6. The van der Waals surface area contributed by atoms with E-state index in [1.165, 1.54) is 33.4 Å². The van der Waals surface area contributed by atoms with Crippen LogP contribution in [0.25, 0.3) is 55.0 Å². The molecule has 0 spiro atoms. The van der Waals surface area contributed by atoms with Crippen LogP contribution in [-0.2, 0) is 10.8 Å². The third kappa shape index (κ3) is 6.01.